The van der Waals surface area contributed by atoms with Gasteiger partial charge in [-0.25, -0.2) is 4.39 Å². The molecule has 2 aromatic rings. The second-order valence-corrected chi connectivity index (χ2v) is 10.1. The van der Waals surface area contributed by atoms with Crippen LogP contribution in [0.4, 0.5) is 4.39 Å². The van der Waals surface area contributed by atoms with E-state index in [-0.39, 0.29) is 17.0 Å². The van der Waals surface area contributed by atoms with Crippen molar-refractivity contribution in [1.29, 1.82) is 0 Å². The Morgan fingerprint density at radius 2 is 1.76 bits per heavy atom. The summed E-state index contributed by atoms with van der Waals surface area (Å²) in [5.74, 6) is -0.321. The number of ether oxygens (including phenoxy) is 1. The van der Waals surface area contributed by atoms with Crippen LogP contribution in [0.15, 0.2) is 59.6 Å². The number of piperidine rings is 1. The number of benzene rings is 2. The number of carbonyl (C=O) groups is 1. The number of hydrogen-bond acceptors (Lipinski definition) is 4. The van der Waals surface area contributed by atoms with E-state index in [0.29, 0.717) is 25.6 Å². The molecule has 0 spiro atoms. The fraction of sp³-hybridized carbons (Fsp3) is 0.481. The van der Waals surface area contributed by atoms with Gasteiger partial charge in [0.2, 0.25) is 0 Å². The summed E-state index contributed by atoms with van der Waals surface area (Å²) in [6, 6.07) is 17.0. The SMILES string of the molecule is O=C(O)C1(CN2CCC(CN=C3CC3c3ccccc3)(COc3ccccc3F)CC2)CC1. The predicted molar refractivity (Wildman–Crippen MR) is 125 cm³/mol. The number of hydrogen-bond donors (Lipinski definition) is 1. The summed E-state index contributed by atoms with van der Waals surface area (Å²) in [7, 11) is 0. The van der Waals surface area contributed by atoms with Gasteiger partial charge in [-0.3, -0.25) is 9.79 Å². The molecule has 5 rings (SSSR count). The Balaban J connectivity index is 1.25. The number of rotatable bonds is 9. The van der Waals surface area contributed by atoms with Crippen molar-refractivity contribution < 1.29 is 19.0 Å². The maximum Gasteiger partial charge on any atom is 0.310 e. The fourth-order valence-corrected chi connectivity index (χ4v) is 4.93. The Kier molecular flexibility index (Phi) is 5.95. The molecular weight excluding hydrogens is 419 g/mol. The summed E-state index contributed by atoms with van der Waals surface area (Å²) >= 11 is 0. The minimum absolute atomic E-state index is 0.171. The first-order chi connectivity index (χ1) is 16.0. The highest BCUT2D eigenvalue weighted by molar-refractivity contribution is 6.05. The number of nitrogens with zero attached hydrogens (tertiary/aromatic N) is 2. The van der Waals surface area contributed by atoms with Gasteiger partial charge in [0, 0.05) is 30.1 Å². The fourth-order valence-electron chi connectivity index (χ4n) is 4.93. The molecule has 5 nitrogen and oxygen atoms in total. The molecule has 3 aliphatic rings. The molecule has 33 heavy (non-hydrogen) atoms. The van der Waals surface area contributed by atoms with Crippen LogP contribution in [-0.4, -0.2) is 54.5 Å². The maximum atomic E-state index is 14.1. The van der Waals surface area contributed by atoms with E-state index in [1.54, 1.807) is 18.2 Å². The summed E-state index contributed by atoms with van der Waals surface area (Å²) < 4.78 is 20.1. The molecule has 1 aliphatic heterocycles. The lowest BCUT2D eigenvalue weighted by molar-refractivity contribution is -0.144. The normalized spacial score (nSPS) is 24.4. The van der Waals surface area contributed by atoms with Gasteiger partial charge in [-0.2, -0.15) is 0 Å². The zero-order valence-corrected chi connectivity index (χ0v) is 18.9. The number of carboxylic acids is 1. The van der Waals surface area contributed by atoms with E-state index < -0.39 is 11.4 Å². The molecule has 3 fully saturated rings. The monoisotopic (exact) mass is 450 g/mol. The minimum Gasteiger partial charge on any atom is -0.490 e. The molecule has 0 radical (unpaired) electrons. The van der Waals surface area contributed by atoms with E-state index in [1.807, 2.05) is 6.07 Å². The number of carboxylic acid groups (broad SMARTS) is 1. The Morgan fingerprint density at radius 1 is 1.06 bits per heavy atom. The summed E-state index contributed by atoms with van der Waals surface area (Å²) in [5.41, 5.74) is 1.83. The molecule has 1 atom stereocenters. The maximum absolute atomic E-state index is 14.1. The molecular formula is C27H31FN2O3. The van der Waals surface area contributed by atoms with Crippen LogP contribution in [0.1, 0.15) is 43.6 Å². The molecule has 1 heterocycles. The van der Waals surface area contributed by atoms with Gasteiger partial charge < -0.3 is 14.7 Å². The van der Waals surface area contributed by atoms with Crippen molar-refractivity contribution in [1.82, 2.24) is 4.90 Å². The van der Waals surface area contributed by atoms with Crippen LogP contribution in [0.25, 0.3) is 0 Å². The van der Waals surface area contributed by atoms with Crippen molar-refractivity contribution in [3.8, 4) is 5.75 Å². The lowest BCUT2D eigenvalue weighted by atomic mass is 9.78. The predicted octanol–water partition coefficient (Wildman–Crippen LogP) is 4.78. The highest BCUT2D eigenvalue weighted by Crippen LogP contribution is 2.47. The zero-order chi connectivity index (χ0) is 22.9. The van der Waals surface area contributed by atoms with E-state index in [4.69, 9.17) is 9.73 Å². The van der Waals surface area contributed by atoms with Gasteiger partial charge in [0.15, 0.2) is 11.6 Å². The van der Waals surface area contributed by atoms with Crippen molar-refractivity contribution in [2.45, 2.75) is 38.0 Å². The molecule has 2 aromatic carbocycles. The topological polar surface area (TPSA) is 62.1 Å². The number of para-hydroxylation sites is 1. The molecule has 0 aromatic heterocycles. The van der Waals surface area contributed by atoms with Crippen molar-refractivity contribution in [2.75, 3.05) is 32.8 Å². The van der Waals surface area contributed by atoms with Gasteiger partial charge in [0.25, 0.3) is 0 Å². The van der Waals surface area contributed by atoms with Crippen LogP contribution >= 0.6 is 0 Å². The highest BCUT2D eigenvalue weighted by atomic mass is 19.1. The lowest BCUT2D eigenvalue weighted by Crippen LogP contribution is -2.47. The van der Waals surface area contributed by atoms with E-state index in [2.05, 4.69) is 29.2 Å². The summed E-state index contributed by atoms with van der Waals surface area (Å²) in [6.07, 6.45) is 4.28. The Bertz CT molecular complexity index is 1030. The van der Waals surface area contributed by atoms with Crippen molar-refractivity contribution in [2.24, 2.45) is 15.8 Å². The molecule has 0 amide bonds. The lowest BCUT2D eigenvalue weighted by Gasteiger charge is -2.41. The quantitative estimate of drug-likeness (QED) is 0.597. The third kappa shape index (κ3) is 4.96. The number of halogens is 1. The Hall–Kier alpha value is -2.73. The Labute approximate surface area is 194 Å². The van der Waals surface area contributed by atoms with E-state index >= 15 is 0 Å². The van der Waals surface area contributed by atoms with Crippen LogP contribution in [0.3, 0.4) is 0 Å². The van der Waals surface area contributed by atoms with Crippen LogP contribution in [-0.2, 0) is 4.79 Å². The average Bonchev–Trinajstić information content (AvgIpc) is 3.75. The van der Waals surface area contributed by atoms with Gasteiger partial charge in [0.05, 0.1) is 12.0 Å². The molecule has 1 saturated heterocycles. The largest absolute Gasteiger partial charge is 0.490 e. The van der Waals surface area contributed by atoms with Crippen LogP contribution in [0.2, 0.25) is 0 Å². The first-order valence-electron chi connectivity index (χ1n) is 11.9. The van der Waals surface area contributed by atoms with E-state index in [1.165, 1.54) is 17.3 Å². The average molecular weight is 451 g/mol. The van der Waals surface area contributed by atoms with Gasteiger partial charge in [-0.05, 0) is 62.9 Å². The number of aliphatic imine (C=N–C) groups is 1. The van der Waals surface area contributed by atoms with Crippen LogP contribution in [0, 0.1) is 16.6 Å². The molecule has 2 saturated carbocycles. The van der Waals surface area contributed by atoms with Crippen molar-refractivity contribution in [3.05, 3.63) is 66.0 Å². The van der Waals surface area contributed by atoms with Crippen molar-refractivity contribution >= 4 is 11.7 Å². The summed E-state index contributed by atoms with van der Waals surface area (Å²) in [4.78, 5) is 18.9. The molecule has 174 valence electrons. The van der Waals surface area contributed by atoms with Crippen molar-refractivity contribution in [3.63, 3.8) is 0 Å². The first kappa shape index (κ1) is 22.1. The summed E-state index contributed by atoms with van der Waals surface area (Å²) in [6.45, 7) is 3.35. The first-order valence-corrected chi connectivity index (χ1v) is 11.9. The van der Waals surface area contributed by atoms with Gasteiger partial charge in [-0.1, -0.05) is 42.5 Å². The minimum atomic E-state index is -0.672. The second kappa shape index (κ2) is 8.90. The standard InChI is InChI=1S/C27H31FN2O3/c28-22-8-4-5-9-24(22)33-19-26(17-29-23-16-21(23)20-6-2-1-3-7-20)12-14-30(15-13-26)18-27(10-11-27)25(31)32/h1-9,21H,10-19H2,(H,31,32). The molecule has 1 N–H and O–H groups in total. The Morgan fingerprint density at radius 3 is 2.42 bits per heavy atom. The third-order valence-corrected chi connectivity index (χ3v) is 7.60. The van der Waals surface area contributed by atoms with E-state index in [0.717, 1.165) is 45.2 Å². The molecule has 0 bridgehead atoms. The second-order valence-electron chi connectivity index (χ2n) is 10.1. The number of likely N-dealkylation sites (tertiary alicyclic amines) is 1. The zero-order valence-electron chi connectivity index (χ0n) is 18.9. The number of aliphatic carboxylic acids is 1. The molecule has 2 aliphatic carbocycles. The summed E-state index contributed by atoms with van der Waals surface area (Å²) in [5, 5.41) is 9.54. The third-order valence-electron chi connectivity index (χ3n) is 7.60. The van der Waals surface area contributed by atoms with E-state index in [9.17, 15) is 14.3 Å². The molecule has 6 heteroatoms. The van der Waals surface area contributed by atoms with Crippen LogP contribution < -0.4 is 4.74 Å². The molecule has 1 unspecified atom stereocenters. The van der Waals surface area contributed by atoms with Crippen LogP contribution in [0.5, 0.6) is 5.75 Å². The smallest absolute Gasteiger partial charge is 0.310 e. The van der Waals surface area contributed by atoms with Gasteiger partial charge >= 0.3 is 5.97 Å². The van der Waals surface area contributed by atoms with Gasteiger partial charge in [0.1, 0.15) is 0 Å². The van der Waals surface area contributed by atoms with Gasteiger partial charge in [-0.15, -0.1) is 0 Å². The highest BCUT2D eigenvalue weighted by Gasteiger charge is 2.52.